The van der Waals surface area contributed by atoms with Gasteiger partial charge in [0.25, 0.3) is 0 Å². The molecule has 0 radical (unpaired) electrons. The van der Waals surface area contributed by atoms with Crippen molar-refractivity contribution in [3.8, 4) is 0 Å². The van der Waals surface area contributed by atoms with E-state index < -0.39 is 20.0 Å². The number of anilines is 1. The Hall–Kier alpha value is -1.12. The summed E-state index contributed by atoms with van der Waals surface area (Å²) in [6.07, 6.45) is 2.18. The lowest BCUT2D eigenvalue weighted by Gasteiger charge is -2.28. The van der Waals surface area contributed by atoms with Crippen LogP contribution in [0, 0.1) is 6.92 Å². The van der Waals surface area contributed by atoms with Gasteiger partial charge in [-0.25, -0.2) is 21.6 Å². The Labute approximate surface area is 133 Å². The fourth-order valence-electron chi connectivity index (χ4n) is 2.26. The van der Waals surface area contributed by atoms with E-state index in [0.29, 0.717) is 5.69 Å². The smallest absolute Gasteiger partial charge is 0.232 e. The van der Waals surface area contributed by atoms with Crippen LogP contribution in [0.5, 0.6) is 0 Å². The van der Waals surface area contributed by atoms with Gasteiger partial charge in [-0.2, -0.15) is 0 Å². The highest BCUT2D eigenvalue weighted by Crippen LogP contribution is 2.32. The van der Waals surface area contributed by atoms with Crippen molar-refractivity contribution in [1.82, 2.24) is 4.72 Å². The summed E-state index contributed by atoms with van der Waals surface area (Å²) in [4.78, 5) is 0. The van der Waals surface area contributed by atoms with Crippen LogP contribution in [-0.2, 0) is 20.0 Å². The van der Waals surface area contributed by atoms with Crippen LogP contribution >= 0.6 is 0 Å². The minimum atomic E-state index is -3.52. The molecule has 0 aromatic heterocycles. The average Bonchev–Trinajstić information content (AvgIpc) is 2.32. The van der Waals surface area contributed by atoms with E-state index in [-0.39, 0.29) is 19.0 Å². The molecule has 22 heavy (non-hydrogen) atoms. The molecule has 0 saturated heterocycles. The highest BCUT2D eigenvalue weighted by Gasteiger charge is 2.23. The first-order valence-electron chi connectivity index (χ1n) is 6.95. The van der Waals surface area contributed by atoms with Crippen LogP contribution in [0.15, 0.2) is 18.2 Å². The molecule has 0 atom stereocenters. The Bertz CT molecular complexity index is 725. The zero-order chi connectivity index (χ0) is 17.1. The van der Waals surface area contributed by atoms with Crippen molar-refractivity contribution in [1.29, 1.82) is 0 Å². The Morgan fingerprint density at radius 3 is 2.18 bits per heavy atom. The van der Waals surface area contributed by atoms with Gasteiger partial charge >= 0.3 is 0 Å². The van der Waals surface area contributed by atoms with Crippen molar-refractivity contribution in [2.45, 2.75) is 26.7 Å². The zero-order valence-electron chi connectivity index (χ0n) is 13.6. The van der Waals surface area contributed by atoms with Crippen LogP contribution < -0.4 is 9.03 Å². The Kier molecular flexibility index (Phi) is 6.00. The average molecular weight is 348 g/mol. The molecule has 0 unspecified atom stereocenters. The van der Waals surface area contributed by atoms with Gasteiger partial charge in [-0.15, -0.1) is 0 Å². The third kappa shape index (κ3) is 5.26. The second-order valence-electron chi connectivity index (χ2n) is 5.67. The molecule has 6 nitrogen and oxygen atoms in total. The number of nitrogens with one attached hydrogen (secondary N) is 1. The fourth-order valence-corrected chi connectivity index (χ4v) is 3.73. The highest BCUT2D eigenvalue weighted by molar-refractivity contribution is 7.92. The van der Waals surface area contributed by atoms with Crippen LogP contribution in [0.1, 0.15) is 30.9 Å². The predicted octanol–water partition coefficient (Wildman–Crippen LogP) is 1.43. The largest absolute Gasteiger partial charge is 0.269 e. The van der Waals surface area contributed by atoms with Crippen molar-refractivity contribution in [2.24, 2.45) is 0 Å². The zero-order valence-corrected chi connectivity index (χ0v) is 15.3. The van der Waals surface area contributed by atoms with Gasteiger partial charge < -0.3 is 0 Å². The van der Waals surface area contributed by atoms with Crippen LogP contribution in [0.4, 0.5) is 5.69 Å². The number of nitrogens with zero attached hydrogens (tertiary/aromatic N) is 1. The summed E-state index contributed by atoms with van der Waals surface area (Å²) in [6.45, 7) is 5.92. The van der Waals surface area contributed by atoms with Crippen molar-refractivity contribution >= 4 is 25.7 Å². The molecule has 1 N–H and O–H groups in total. The minimum Gasteiger partial charge on any atom is -0.269 e. The van der Waals surface area contributed by atoms with E-state index in [4.69, 9.17) is 0 Å². The molecular formula is C14H24N2O4S2. The number of para-hydroxylation sites is 1. The molecule has 0 bridgehead atoms. The van der Waals surface area contributed by atoms with E-state index in [2.05, 4.69) is 4.72 Å². The molecule has 126 valence electrons. The maximum Gasteiger partial charge on any atom is 0.232 e. The third-order valence-corrected chi connectivity index (χ3v) is 5.11. The molecule has 0 saturated carbocycles. The van der Waals surface area contributed by atoms with Crippen LogP contribution in [-0.4, -0.2) is 42.4 Å². The van der Waals surface area contributed by atoms with Gasteiger partial charge in [-0.05, 0) is 24.0 Å². The standard InChI is InChI=1S/C14H24N2O4S2/c1-11(2)13-8-6-7-12(3)14(13)16(22(5,19)20)10-9-15-21(4,17)18/h6-8,11,15H,9-10H2,1-5H3. The normalized spacial score (nSPS) is 12.6. The number of hydrogen-bond donors (Lipinski definition) is 1. The van der Waals surface area contributed by atoms with E-state index in [1.54, 1.807) is 0 Å². The van der Waals surface area contributed by atoms with Crippen molar-refractivity contribution < 1.29 is 16.8 Å². The predicted molar refractivity (Wildman–Crippen MR) is 90.3 cm³/mol. The fraction of sp³-hybridized carbons (Fsp3) is 0.571. The summed E-state index contributed by atoms with van der Waals surface area (Å²) in [6, 6.07) is 5.64. The van der Waals surface area contributed by atoms with Gasteiger partial charge in [-0.1, -0.05) is 32.0 Å². The Morgan fingerprint density at radius 1 is 1.14 bits per heavy atom. The molecule has 1 aromatic rings. The lowest BCUT2D eigenvalue weighted by molar-refractivity contribution is 0.583. The van der Waals surface area contributed by atoms with E-state index >= 15 is 0 Å². The topological polar surface area (TPSA) is 83.6 Å². The molecule has 0 heterocycles. The summed E-state index contributed by atoms with van der Waals surface area (Å²) in [5.41, 5.74) is 2.40. The summed E-state index contributed by atoms with van der Waals surface area (Å²) in [5, 5.41) is 0. The van der Waals surface area contributed by atoms with Gasteiger partial charge in [0.05, 0.1) is 18.2 Å². The molecule has 0 amide bonds. The maximum atomic E-state index is 12.2. The molecule has 0 spiro atoms. The maximum absolute atomic E-state index is 12.2. The number of benzene rings is 1. The quantitative estimate of drug-likeness (QED) is 0.808. The molecular weight excluding hydrogens is 324 g/mol. The summed E-state index contributed by atoms with van der Waals surface area (Å²) >= 11 is 0. The first-order chi connectivity index (χ1) is 9.93. The first kappa shape index (κ1) is 18.9. The molecule has 0 aliphatic rings. The van der Waals surface area contributed by atoms with Gasteiger partial charge in [0.1, 0.15) is 0 Å². The molecule has 0 aliphatic carbocycles. The molecule has 1 rings (SSSR count). The van der Waals surface area contributed by atoms with E-state index in [1.807, 2.05) is 39.0 Å². The number of aryl methyl sites for hydroxylation is 1. The van der Waals surface area contributed by atoms with Crippen molar-refractivity contribution in [3.63, 3.8) is 0 Å². The van der Waals surface area contributed by atoms with Crippen LogP contribution in [0.2, 0.25) is 0 Å². The molecule has 0 fully saturated rings. The number of rotatable bonds is 7. The first-order valence-corrected chi connectivity index (χ1v) is 10.7. The summed E-state index contributed by atoms with van der Waals surface area (Å²) in [5.74, 6) is 0.155. The third-order valence-electron chi connectivity index (χ3n) is 3.22. The lowest BCUT2D eigenvalue weighted by Crippen LogP contribution is -2.38. The highest BCUT2D eigenvalue weighted by atomic mass is 32.2. The number of sulfonamides is 2. The lowest BCUT2D eigenvalue weighted by atomic mass is 9.98. The summed E-state index contributed by atoms with van der Waals surface area (Å²) in [7, 11) is -6.87. The van der Waals surface area contributed by atoms with E-state index in [9.17, 15) is 16.8 Å². The van der Waals surface area contributed by atoms with Gasteiger partial charge in [-0.3, -0.25) is 4.31 Å². The van der Waals surface area contributed by atoms with Gasteiger partial charge in [0.15, 0.2) is 0 Å². The SMILES string of the molecule is Cc1cccc(C(C)C)c1N(CCNS(C)(=O)=O)S(C)(=O)=O. The second kappa shape index (κ2) is 6.97. The van der Waals surface area contributed by atoms with E-state index in [1.165, 1.54) is 4.31 Å². The van der Waals surface area contributed by atoms with Gasteiger partial charge in [0.2, 0.25) is 20.0 Å². The number of hydrogen-bond acceptors (Lipinski definition) is 4. The monoisotopic (exact) mass is 348 g/mol. The minimum absolute atomic E-state index is 0.0256. The Balaban J connectivity index is 3.25. The van der Waals surface area contributed by atoms with Crippen LogP contribution in [0.25, 0.3) is 0 Å². The Morgan fingerprint density at radius 2 is 1.73 bits per heavy atom. The van der Waals surface area contributed by atoms with E-state index in [0.717, 1.165) is 23.6 Å². The van der Waals surface area contributed by atoms with Crippen molar-refractivity contribution in [2.75, 3.05) is 29.9 Å². The second-order valence-corrected chi connectivity index (χ2v) is 9.41. The molecule has 1 aromatic carbocycles. The summed E-state index contributed by atoms with van der Waals surface area (Å²) < 4.78 is 50.3. The molecule has 8 heteroatoms. The van der Waals surface area contributed by atoms with Crippen molar-refractivity contribution in [3.05, 3.63) is 29.3 Å². The molecule has 0 aliphatic heterocycles. The van der Waals surface area contributed by atoms with Gasteiger partial charge in [0, 0.05) is 13.1 Å². The van der Waals surface area contributed by atoms with Crippen LogP contribution in [0.3, 0.4) is 0 Å².